The van der Waals surface area contributed by atoms with E-state index in [9.17, 15) is 0 Å². The number of nitrogens with two attached hydrogens (primary N) is 1. The van der Waals surface area contributed by atoms with E-state index in [-0.39, 0.29) is 0 Å². The van der Waals surface area contributed by atoms with Crippen molar-refractivity contribution in [1.82, 2.24) is 0 Å². The highest BCUT2D eigenvalue weighted by molar-refractivity contribution is 5.60. The van der Waals surface area contributed by atoms with E-state index < -0.39 is 0 Å². The Kier molecular flexibility index (Phi) is 3.35. The topological polar surface area (TPSA) is 59.0 Å². The predicted molar refractivity (Wildman–Crippen MR) is 55.9 cm³/mol. The summed E-state index contributed by atoms with van der Waals surface area (Å²) in [4.78, 5) is 0. The molecule has 0 heterocycles. The molecule has 0 saturated heterocycles. The van der Waals surface area contributed by atoms with Gasteiger partial charge in [0.1, 0.15) is 17.4 Å². The second kappa shape index (κ2) is 4.52. The molecule has 74 valence electrons. The summed E-state index contributed by atoms with van der Waals surface area (Å²) in [6, 6.07) is 7.28. The van der Waals surface area contributed by atoms with E-state index in [0.29, 0.717) is 29.5 Å². The summed E-state index contributed by atoms with van der Waals surface area (Å²) in [5.41, 5.74) is 6.53. The molecular weight excluding hydrogens is 176 g/mol. The number of anilines is 1. The first-order chi connectivity index (χ1) is 6.65. The Morgan fingerprint density at radius 1 is 1.50 bits per heavy atom. The summed E-state index contributed by atoms with van der Waals surface area (Å²) in [7, 11) is 0. The van der Waals surface area contributed by atoms with Crippen molar-refractivity contribution >= 4 is 5.69 Å². The van der Waals surface area contributed by atoms with E-state index in [1.807, 2.05) is 6.07 Å². The van der Waals surface area contributed by atoms with Crippen molar-refractivity contribution in [2.24, 2.45) is 5.92 Å². The first-order valence-electron chi connectivity index (χ1n) is 4.56. The summed E-state index contributed by atoms with van der Waals surface area (Å²) in [5.74, 6) is 1.00. The van der Waals surface area contributed by atoms with Crippen LogP contribution in [0.15, 0.2) is 18.2 Å². The summed E-state index contributed by atoms with van der Waals surface area (Å²) < 4.78 is 5.47. The third-order valence-corrected chi connectivity index (χ3v) is 1.74. The third-order valence-electron chi connectivity index (χ3n) is 1.74. The number of hydrogen-bond acceptors (Lipinski definition) is 3. The first kappa shape index (κ1) is 10.4. The molecule has 0 atom stereocenters. The molecule has 0 radical (unpaired) electrons. The molecule has 0 fully saturated rings. The highest BCUT2D eigenvalue weighted by atomic mass is 16.5. The Balaban J connectivity index is 2.87. The van der Waals surface area contributed by atoms with Gasteiger partial charge in [-0.25, -0.2) is 0 Å². The zero-order valence-electron chi connectivity index (χ0n) is 8.45. The molecule has 0 saturated carbocycles. The van der Waals surface area contributed by atoms with Gasteiger partial charge < -0.3 is 10.5 Å². The zero-order valence-corrected chi connectivity index (χ0v) is 8.45. The lowest BCUT2D eigenvalue weighted by atomic mass is 10.2. The van der Waals surface area contributed by atoms with Gasteiger partial charge in [-0.15, -0.1) is 0 Å². The second-order valence-corrected chi connectivity index (χ2v) is 3.54. The normalized spacial score (nSPS) is 9.86. The lowest BCUT2D eigenvalue weighted by molar-refractivity contribution is 0.270. The molecule has 0 unspecified atom stereocenters. The molecule has 0 amide bonds. The van der Waals surface area contributed by atoms with E-state index in [4.69, 9.17) is 15.7 Å². The van der Waals surface area contributed by atoms with Crippen LogP contribution < -0.4 is 10.5 Å². The summed E-state index contributed by atoms with van der Waals surface area (Å²) in [6.45, 7) is 4.70. The fourth-order valence-electron chi connectivity index (χ4n) is 1.04. The van der Waals surface area contributed by atoms with Crippen LogP contribution in [-0.2, 0) is 0 Å². The number of nitriles is 1. The summed E-state index contributed by atoms with van der Waals surface area (Å²) in [6.07, 6.45) is 0. The van der Waals surface area contributed by atoms with Gasteiger partial charge in [0.15, 0.2) is 0 Å². The van der Waals surface area contributed by atoms with Crippen LogP contribution in [0.4, 0.5) is 5.69 Å². The SMILES string of the molecule is CC(C)COc1cccc(N)c1C#N. The predicted octanol–water partition coefficient (Wildman–Crippen LogP) is 2.18. The van der Waals surface area contributed by atoms with Crippen LogP contribution in [0.3, 0.4) is 0 Å². The van der Waals surface area contributed by atoms with Gasteiger partial charge in [-0.3, -0.25) is 0 Å². The molecule has 3 heteroatoms. The van der Waals surface area contributed by atoms with Gasteiger partial charge in [0.05, 0.1) is 12.3 Å². The van der Waals surface area contributed by atoms with Crippen molar-refractivity contribution in [3.05, 3.63) is 23.8 Å². The second-order valence-electron chi connectivity index (χ2n) is 3.54. The average molecular weight is 190 g/mol. The maximum Gasteiger partial charge on any atom is 0.139 e. The van der Waals surface area contributed by atoms with Crippen LogP contribution in [0.5, 0.6) is 5.75 Å². The van der Waals surface area contributed by atoms with Crippen molar-refractivity contribution < 1.29 is 4.74 Å². The van der Waals surface area contributed by atoms with Crippen molar-refractivity contribution in [1.29, 1.82) is 5.26 Å². The molecule has 2 N–H and O–H groups in total. The molecule has 0 aliphatic carbocycles. The molecule has 0 bridgehead atoms. The number of ether oxygens (including phenoxy) is 1. The maximum absolute atomic E-state index is 8.85. The number of benzene rings is 1. The highest BCUT2D eigenvalue weighted by Gasteiger charge is 2.06. The van der Waals surface area contributed by atoms with E-state index in [1.54, 1.807) is 18.2 Å². The Labute approximate surface area is 84.1 Å². The molecule has 3 nitrogen and oxygen atoms in total. The van der Waals surface area contributed by atoms with Crippen molar-refractivity contribution in [3.8, 4) is 11.8 Å². The Bertz CT molecular complexity index is 353. The fourth-order valence-corrected chi connectivity index (χ4v) is 1.04. The molecule has 0 spiro atoms. The lowest BCUT2D eigenvalue weighted by Crippen LogP contribution is -2.06. The van der Waals surface area contributed by atoms with E-state index in [0.717, 1.165) is 0 Å². The maximum atomic E-state index is 8.85. The molecule has 0 aliphatic rings. The van der Waals surface area contributed by atoms with Gasteiger partial charge in [-0.2, -0.15) is 5.26 Å². The molecular formula is C11H14N2O. The van der Waals surface area contributed by atoms with Crippen LogP contribution in [0.25, 0.3) is 0 Å². The molecule has 14 heavy (non-hydrogen) atoms. The van der Waals surface area contributed by atoms with E-state index >= 15 is 0 Å². The highest BCUT2D eigenvalue weighted by Crippen LogP contribution is 2.23. The van der Waals surface area contributed by atoms with E-state index in [1.165, 1.54) is 0 Å². The lowest BCUT2D eigenvalue weighted by Gasteiger charge is -2.10. The quantitative estimate of drug-likeness (QED) is 0.743. The number of hydrogen-bond donors (Lipinski definition) is 1. The summed E-state index contributed by atoms with van der Waals surface area (Å²) >= 11 is 0. The summed E-state index contributed by atoms with van der Waals surface area (Å²) in [5, 5.41) is 8.85. The smallest absolute Gasteiger partial charge is 0.139 e. The van der Waals surface area contributed by atoms with Gasteiger partial charge in [-0.1, -0.05) is 19.9 Å². The molecule has 1 rings (SSSR count). The number of nitrogens with zero attached hydrogens (tertiary/aromatic N) is 1. The number of rotatable bonds is 3. The van der Waals surface area contributed by atoms with Crippen molar-refractivity contribution in [2.75, 3.05) is 12.3 Å². The van der Waals surface area contributed by atoms with Crippen LogP contribution in [0, 0.1) is 17.2 Å². The van der Waals surface area contributed by atoms with Gasteiger partial charge in [0, 0.05) is 0 Å². The van der Waals surface area contributed by atoms with Crippen molar-refractivity contribution in [2.45, 2.75) is 13.8 Å². The molecule has 0 aliphatic heterocycles. The standard InChI is InChI=1S/C11H14N2O/c1-8(2)7-14-11-5-3-4-10(13)9(11)6-12/h3-5,8H,7,13H2,1-2H3. The molecule has 0 aromatic heterocycles. The molecule has 1 aromatic carbocycles. The Hall–Kier alpha value is -1.69. The van der Waals surface area contributed by atoms with Gasteiger partial charge in [-0.05, 0) is 18.1 Å². The minimum Gasteiger partial charge on any atom is -0.492 e. The fraction of sp³-hybridized carbons (Fsp3) is 0.364. The Morgan fingerprint density at radius 3 is 2.79 bits per heavy atom. The Morgan fingerprint density at radius 2 is 2.21 bits per heavy atom. The first-order valence-corrected chi connectivity index (χ1v) is 4.56. The van der Waals surface area contributed by atoms with Gasteiger partial charge in [0.25, 0.3) is 0 Å². The third kappa shape index (κ3) is 2.40. The van der Waals surface area contributed by atoms with Gasteiger partial charge in [0.2, 0.25) is 0 Å². The minimum absolute atomic E-state index is 0.424. The molecule has 1 aromatic rings. The van der Waals surface area contributed by atoms with Crippen LogP contribution in [-0.4, -0.2) is 6.61 Å². The largest absolute Gasteiger partial charge is 0.492 e. The van der Waals surface area contributed by atoms with Crippen LogP contribution in [0.1, 0.15) is 19.4 Å². The minimum atomic E-state index is 0.424. The van der Waals surface area contributed by atoms with Crippen LogP contribution >= 0.6 is 0 Å². The van der Waals surface area contributed by atoms with Crippen LogP contribution in [0.2, 0.25) is 0 Å². The number of nitrogen functional groups attached to an aromatic ring is 1. The van der Waals surface area contributed by atoms with Crippen molar-refractivity contribution in [3.63, 3.8) is 0 Å². The van der Waals surface area contributed by atoms with Gasteiger partial charge >= 0.3 is 0 Å². The zero-order chi connectivity index (χ0) is 10.6. The monoisotopic (exact) mass is 190 g/mol. The average Bonchev–Trinajstić information content (AvgIpc) is 2.14. The van der Waals surface area contributed by atoms with E-state index in [2.05, 4.69) is 13.8 Å².